The van der Waals surface area contributed by atoms with Crippen LogP contribution in [0.15, 0.2) is 72.8 Å². The molecule has 1 unspecified atom stereocenters. The van der Waals surface area contributed by atoms with Crippen molar-refractivity contribution in [3.8, 4) is 0 Å². The van der Waals surface area contributed by atoms with Gasteiger partial charge in [0.2, 0.25) is 0 Å². The molecule has 33 heavy (non-hydrogen) atoms. The van der Waals surface area contributed by atoms with E-state index < -0.39 is 0 Å². The zero-order valence-corrected chi connectivity index (χ0v) is 20.0. The molecule has 1 aliphatic rings. The van der Waals surface area contributed by atoms with E-state index in [1.165, 1.54) is 16.7 Å². The summed E-state index contributed by atoms with van der Waals surface area (Å²) < 4.78 is 0. The molecule has 0 radical (unpaired) electrons. The van der Waals surface area contributed by atoms with Crippen LogP contribution in [0, 0.1) is 13.8 Å². The zero-order chi connectivity index (χ0) is 22.5. The van der Waals surface area contributed by atoms with Crippen molar-refractivity contribution in [3.63, 3.8) is 0 Å². The molecule has 4 nitrogen and oxygen atoms in total. The van der Waals surface area contributed by atoms with E-state index in [9.17, 15) is 9.59 Å². The molecule has 0 saturated carbocycles. The van der Waals surface area contributed by atoms with Crippen molar-refractivity contribution >= 4 is 11.7 Å². The molecular weight excluding hydrogens is 432 g/mol. The molecule has 1 heterocycles. The third kappa shape index (κ3) is 5.97. The molecule has 0 saturated heterocycles. The van der Waals surface area contributed by atoms with Gasteiger partial charge in [-0.25, -0.2) is 4.79 Å². The average molecular weight is 463 g/mol. The Morgan fingerprint density at radius 3 is 2.39 bits per heavy atom. The number of amides is 1. The van der Waals surface area contributed by atoms with Crippen LogP contribution in [0.1, 0.15) is 55.4 Å². The normalized spacial score (nSPS) is 15.4. The number of fused-ring (bicyclic) bond motifs is 1. The topological polar surface area (TPSA) is 54.0 Å². The monoisotopic (exact) mass is 462 g/mol. The molecule has 1 aliphatic heterocycles. The highest BCUT2D eigenvalue weighted by atomic mass is 35.5. The third-order valence-electron chi connectivity index (χ3n) is 6.56. The molecule has 3 aromatic carbocycles. The number of nitrogens with two attached hydrogens (primary N) is 1. The van der Waals surface area contributed by atoms with Crippen LogP contribution < -0.4 is 17.7 Å². The highest BCUT2D eigenvalue weighted by molar-refractivity contribution is 5.96. The van der Waals surface area contributed by atoms with Crippen LogP contribution in [0.25, 0.3) is 0 Å². The molecule has 0 bridgehead atoms. The van der Waals surface area contributed by atoms with Gasteiger partial charge in [-0.1, -0.05) is 54.6 Å². The minimum absolute atomic E-state index is 0. The second-order valence-electron chi connectivity index (χ2n) is 8.64. The number of quaternary nitrogens is 1. The lowest BCUT2D eigenvalue weighted by molar-refractivity contribution is -0.561. The molecule has 5 heteroatoms. The first-order chi connectivity index (χ1) is 15.5. The van der Waals surface area contributed by atoms with E-state index in [2.05, 4.69) is 36.1 Å². The summed E-state index contributed by atoms with van der Waals surface area (Å²) in [6.45, 7) is 6.34. The lowest BCUT2D eigenvalue weighted by atomic mass is 9.92. The van der Waals surface area contributed by atoms with Crippen molar-refractivity contribution in [2.45, 2.75) is 32.7 Å². The van der Waals surface area contributed by atoms with Gasteiger partial charge in [0.25, 0.3) is 0 Å². The Bertz CT molecular complexity index is 1110. The predicted molar refractivity (Wildman–Crippen MR) is 127 cm³/mol. The summed E-state index contributed by atoms with van der Waals surface area (Å²) in [5, 5.41) is 1.81. The molecule has 2 N–H and O–H groups in total. The molecule has 0 aromatic heterocycles. The van der Waals surface area contributed by atoms with Gasteiger partial charge >= 0.3 is 5.91 Å². The number of Topliss-reactive ketones (excluding diaryl/α,β-unsaturated/α-hetero) is 1. The predicted octanol–water partition coefficient (Wildman–Crippen LogP) is 0.883. The molecule has 0 spiro atoms. The maximum absolute atomic E-state index is 12.9. The minimum Gasteiger partial charge on any atom is -1.00 e. The Morgan fingerprint density at radius 2 is 1.64 bits per heavy atom. The first-order valence-corrected chi connectivity index (χ1v) is 11.4. The fourth-order valence-corrected chi connectivity index (χ4v) is 4.49. The fraction of sp³-hybridized carbons (Fsp3) is 0.286. The van der Waals surface area contributed by atoms with E-state index in [0.717, 1.165) is 24.1 Å². The number of carbonyl (C=O) groups excluding carboxylic acids is 2. The Kier molecular flexibility index (Phi) is 8.56. The van der Waals surface area contributed by atoms with Gasteiger partial charge in [0.15, 0.2) is 5.78 Å². The lowest BCUT2D eigenvalue weighted by Gasteiger charge is -2.36. The summed E-state index contributed by atoms with van der Waals surface area (Å²) in [4.78, 5) is 27.9. The highest BCUT2D eigenvalue weighted by Crippen LogP contribution is 2.29. The molecular formula is C28H31ClN2O2. The SMILES string of the molecule is Cc1ccc(C(=O)CCN2CCc3ccccc3C2C[NH2+]C(=O)c2ccccc2)cc1C.[Cl-]. The van der Waals surface area contributed by atoms with Crippen LogP contribution in [0.5, 0.6) is 0 Å². The molecule has 172 valence electrons. The van der Waals surface area contributed by atoms with Gasteiger partial charge in [-0.15, -0.1) is 0 Å². The highest BCUT2D eigenvalue weighted by Gasteiger charge is 2.29. The van der Waals surface area contributed by atoms with E-state index in [4.69, 9.17) is 0 Å². The largest absolute Gasteiger partial charge is 1.00 e. The third-order valence-corrected chi connectivity index (χ3v) is 6.56. The van der Waals surface area contributed by atoms with Crippen LogP contribution in [0.4, 0.5) is 0 Å². The number of halogens is 1. The van der Waals surface area contributed by atoms with Crippen molar-refractivity contribution in [2.75, 3.05) is 19.6 Å². The molecule has 1 amide bonds. The minimum atomic E-state index is 0. The van der Waals surface area contributed by atoms with E-state index >= 15 is 0 Å². The summed E-state index contributed by atoms with van der Waals surface area (Å²) in [6.07, 6.45) is 1.45. The van der Waals surface area contributed by atoms with Gasteiger partial charge in [0, 0.05) is 25.1 Å². The number of rotatable bonds is 7. The van der Waals surface area contributed by atoms with Crippen LogP contribution in [0.3, 0.4) is 0 Å². The number of ketones is 1. The summed E-state index contributed by atoms with van der Waals surface area (Å²) in [6, 6.07) is 24.0. The Morgan fingerprint density at radius 1 is 0.909 bits per heavy atom. The van der Waals surface area contributed by atoms with Crippen molar-refractivity contribution in [2.24, 2.45) is 0 Å². The van der Waals surface area contributed by atoms with Crippen LogP contribution >= 0.6 is 0 Å². The summed E-state index contributed by atoms with van der Waals surface area (Å²) in [5.74, 6) is 0.231. The van der Waals surface area contributed by atoms with E-state index in [1.807, 2.05) is 55.5 Å². The summed E-state index contributed by atoms with van der Waals surface area (Å²) >= 11 is 0. The molecule has 4 rings (SSSR count). The maximum atomic E-state index is 12.9. The average Bonchev–Trinajstić information content (AvgIpc) is 2.83. The quantitative estimate of drug-likeness (QED) is 0.530. The first-order valence-electron chi connectivity index (χ1n) is 11.4. The van der Waals surface area contributed by atoms with Gasteiger partial charge in [-0.05, 0) is 60.7 Å². The van der Waals surface area contributed by atoms with Gasteiger partial charge in [-0.2, -0.15) is 0 Å². The number of aryl methyl sites for hydroxylation is 2. The number of benzene rings is 3. The molecule has 3 aromatic rings. The maximum Gasteiger partial charge on any atom is 0.342 e. The van der Waals surface area contributed by atoms with E-state index in [0.29, 0.717) is 25.1 Å². The van der Waals surface area contributed by atoms with Crippen molar-refractivity contribution in [1.29, 1.82) is 0 Å². The van der Waals surface area contributed by atoms with Gasteiger partial charge < -0.3 is 12.4 Å². The number of primary amides is 1. The number of hydrogen-bond donors (Lipinski definition) is 1. The second-order valence-corrected chi connectivity index (χ2v) is 8.64. The fourth-order valence-electron chi connectivity index (χ4n) is 4.49. The Labute approximate surface area is 202 Å². The van der Waals surface area contributed by atoms with Crippen molar-refractivity contribution in [1.82, 2.24) is 4.90 Å². The zero-order valence-electron chi connectivity index (χ0n) is 19.3. The number of carbonyl (C=O) groups is 2. The standard InChI is InChI=1S/C28H30N2O2.ClH/c1-20-12-13-24(18-21(20)2)27(31)15-17-30-16-14-22-8-6-7-11-25(22)26(30)19-29-28(32)23-9-4-3-5-10-23;/h3-13,18,26H,14-17,19H2,1-2H3,(H,29,32);1H. The van der Waals surface area contributed by atoms with Gasteiger partial charge in [-0.3, -0.25) is 15.0 Å². The number of hydrogen-bond acceptors (Lipinski definition) is 3. The second kappa shape index (κ2) is 11.4. The Hall–Kier alpha value is -2.79. The van der Waals surface area contributed by atoms with Gasteiger partial charge in [0.05, 0.1) is 11.6 Å². The van der Waals surface area contributed by atoms with Crippen molar-refractivity contribution in [3.05, 3.63) is 106 Å². The van der Waals surface area contributed by atoms with Gasteiger partial charge in [0.1, 0.15) is 6.54 Å². The molecule has 0 aliphatic carbocycles. The van der Waals surface area contributed by atoms with Crippen molar-refractivity contribution < 1.29 is 27.3 Å². The lowest BCUT2D eigenvalue weighted by Crippen LogP contribution is -3.00. The smallest absolute Gasteiger partial charge is 0.342 e. The first kappa shape index (κ1) is 24.8. The summed E-state index contributed by atoms with van der Waals surface area (Å²) in [5.41, 5.74) is 6.47. The van der Waals surface area contributed by atoms with Crippen LogP contribution in [-0.2, 0) is 6.42 Å². The molecule has 1 atom stereocenters. The van der Waals surface area contributed by atoms with Crippen LogP contribution in [0.2, 0.25) is 0 Å². The van der Waals surface area contributed by atoms with E-state index in [-0.39, 0.29) is 30.1 Å². The van der Waals surface area contributed by atoms with E-state index in [1.54, 1.807) is 5.32 Å². The Balaban J connectivity index is 0.00000306. The number of nitrogens with zero attached hydrogens (tertiary/aromatic N) is 1. The van der Waals surface area contributed by atoms with Crippen LogP contribution in [-0.4, -0.2) is 36.2 Å². The summed E-state index contributed by atoms with van der Waals surface area (Å²) in [7, 11) is 0. The molecule has 0 fully saturated rings.